The zero-order chi connectivity index (χ0) is 19.4. The number of halogens is 2. The molecule has 0 aliphatic carbocycles. The van der Waals surface area contributed by atoms with Gasteiger partial charge in [-0.15, -0.1) is 10.2 Å². The number of aromatic nitrogens is 2. The quantitative estimate of drug-likeness (QED) is 0.741. The van der Waals surface area contributed by atoms with Crippen molar-refractivity contribution in [2.45, 2.75) is 18.4 Å². The standard InChI is InChI=1S/C18H16ClFN4O3/c1-26-17(25)14-4-5-16(23-22-14)24-8-6-18(11-21,7-9-24)27-15-10-12(20)2-3-13(15)19/h2-5,10H,6-9H2,1H3. The fourth-order valence-electron chi connectivity index (χ4n) is 2.81. The van der Waals surface area contributed by atoms with Crippen LogP contribution in [0.2, 0.25) is 5.02 Å². The van der Waals surface area contributed by atoms with Crippen LogP contribution < -0.4 is 9.64 Å². The highest BCUT2D eigenvalue weighted by atomic mass is 35.5. The number of hydrogen-bond donors (Lipinski definition) is 0. The molecule has 1 aromatic heterocycles. The van der Waals surface area contributed by atoms with Crippen molar-refractivity contribution in [2.24, 2.45) is 0 Å². The topological polar surface area (TPSA) is 88.3 Å². The zero-order valence-electron chi connectivity index (χ0n) is 14.5. The van der Waals surface area contributed by atoms with Crippen LogP contribution in [0.1, 0.15) is 23.3 Å². The molecule has 0 unspecified atom stereocenters. The average Bonchev–Trinajstić information content (AvgIpc) is 2.71. The van der Waals surface area contributed by atoms with E-state index in [0.29, 0.717) is 31.7 Å². The Balaban J connectivity index is 1.70. The predicted molar refractivity (Wildman–Crippen MR) is 95.2 cm³/mol. The van der Waals surface area contributed by atoms with Crippen molar-refractivity contribution in [3.63, 3.8) is 0 Å². The molecule has 0 spiro atoms. The van der Waals surface area contributed by atoms with Crippen LogP contribution >= 0.6 is 11.6 Å². The van der Waals surface area contributed by atoms with Gasteiger partial charge in [0.05, 0.1) is 12.1 Å². The molecule has 0 radical (unpaired) electrons. The maximum atomic E-state index is 13.5. The van der Waals surface area contributed by atoms with Crippen LogP contribution in [-0.4, -0.2) is 42.0 Å². The summed E-state index contributed by atoms with van der Waals surface area (Å²) in [6.07, 6.45) is 0.744. The minimum atomic E-state index is -1.10. The maximum Gasteiger partial charge on any atom is 0.358 e. The molecule has 0 saturated carbocycles. The summed E-state index contributed by atoms with van der Waals surface area (Å²) in [4.78, 5) is 13.4. The number of carbonyl (C=O) groups excluding carboxylic acids is 1. The Kier molecular flexibility index (Phi) is 5.42. The van der Waals surface area contributed by atoms with E-state index in [2.05, 4.69) is 21.0 Å². The first-order chi connectivity index (χ1) is 13.0. The van der Waals surface area contributed by atoms with E-state index in [1.54, 1.807) is 6.07 Å². The van der Waals surface area contributed by atoms with E-state index < -0.39 is 17.4 Å². The predicted octanol–water partition coefficient (Wildman–Crippen LogP) is 3.00. The van der Waals surface area contributed by atoms with Crippen molar-refractivity contribution in [3.8, 4) is 11.8 Å². The highest BCUT2D eigenvalue weighted by Crippen LogP contribution is 2.34. The van der Waals surface area contributed by atoms with Crippen LogP contribution in [0, 0.1) is 17.1 Å². The minimum absolute atomic E-state index is 0.119. The van der Waals surface area contributed by atoms with Crippen LogP contribution in [0.4, 0.5) is 10.2 Å². The van der Waals surface area contributed by atoms with E-state index in [4.69, 9.17) is 16.3 Å². The number of ether oxygens (including phenoxy) is 2. The molecule has 2 aromatic rings. The van der Waals surface area contributed by atoms with Crippen LogP contribution in [0.5, 0.6) is 5.75 Å². The summed E-state index contributed by atoms with van der Waals surface area (Å²) in [5.74, 6) is -0.315. The summed E-state index contributed by atoms with van der Waals surface area (Å²) in [6.45, 7) is 0.958. The summed E-state index contributed by atoms with van der Waals surface area (Å²) in [5.41, 5.74) is -0.985. The number of rotatable bonds is 4. The number of hydrogen-bond acceptors (Lipinski definition) is 7. The van der Waals surface area contributed by atoms with Crippen LogP contribution in [-0.2, 0) is 4.74 Å². The van der Waals surface area contributed by atoms with Gasteiger partial charge in [0.25, 0.3) is 0 Å². The summed E-state index contributed by atoms with van der Waals surface area (Å²) < 4.78 is 23.8. The molecule has 1 aliphatic rings. The lowest BCUT2D eigenvalue weighted by Gasteiger charge is -2.37. The summed E-state index contributed by atoms with van der Waals surface area (Å²) >= 11 is 6.04. The van der Waals surface area contributed by atoms with Gasteiger partial charge in [0.2, 0.25) is 0 Å². The number of nitrogens with zero attached hydrogens (tertiary/aromatic N) is 4. The fourth-order valence-corrected chi connectivity index (χ4v) is 2.96. The van der Waals surface area contributed by atoms with Crippen molar-refractivity contribution >= 4 is 23.4 Å². The van der Waals surface area contributed by atoms with Crippen molar-refractivity contribution in [2.75, 3.05) is 25.1 Å². The molecule has 7 nitrogen and oxygen atoms in total. The van der Waals surface area contributed by atoms with Gasteiger partial charge in [0, 0.05) is 32.0 Å². The third-order valence-corrected chi connectivity index (χ3v) is 4.65. The summed E-state index contributed by atoms with van der Waals surface area (Å²) in [7, 11) is 1.27. The fraction of sp³-hybridized carbons (Fsp3) is 0.333. The molecule has 27 heavy (non-hydrogen) atoms. The van der Waals surface area contributed by atoms with Gasteiger partial charge in [0.1, 0.15) is 17.6 Å². The largest absolute Gasteiger partial charge is 0.471 e. The molecular formula is C18H16ClFN4O3. The minimum Gasteiger partial charge on any atom is -0.471 e. The van der Waals surface area contributed by atoms with Crippen LogP contribution in [0.3, 0.4) is 0 Å². The van der Waals surface area contributed by atoms with E-state index in [1.807, 2.05) is 4.90 Å². The molecule has 2 heterocycles. The Morgan fingerprint density at radius 2 is 2.04 bits per heavy atom. The zero-order valence-corrected chi connectivity index (χ0v) is 15.2. The second kappa shape index (κ2) is 7.76. The van der Waals surface area contributed by atoms with Gasteiger partial charge in [-0.3, -0.25) is 0 Å². The van der Waals surface area contributed by atoms with E-state index in [0.717, 1.165) is 0 Å². The Bertz CT molecular complexity index is 877. The molecular weight excluding hydrogens is 375 g/mol. The lowest BCUT2D eigenvalue weighted by atomic mass is 9.92. The lowest BCUT2D eigenvalue weighted by Crippen LogP contribution is -2.47. The first kappa shape index (κ1) is 18.9. The number of esters is 1. The first-order valence-corrected chi connectivity index (χ1v) is 8.56. The summed E-state index contributed by atoms with van der Waals surface area (Å²) in [6, 6.07) is 9.18. The van der Waals surface area contributed by atoms with E-state index in [9.17, 15) is 14.4 Å². The highest BCUT2D eigenvalue weighted by Gasteiger charge is 2.38. The second-order valence-corrected chi connectivity index (χ2v) is 6.45. The molecule has 1 aliphatic heterocycles. The monoisotopic (exact) mass is 390 g/mol. The third kappa shape index (κ3) is 4.09. The Morgan fingerprint density at radius 3 is 2.63 bits per heavy atom. The van der Waals surface area contributed by atoms with Gasteiger partial charge in [-0.1, -0.05) is 11.6 Å². The number of nitriles is 1. The number of piperidine rings is 1. The van der Waals surface area contributed by atoms with Gasteiger partial charge in [-0.2, -0.15) is 5.26 Å². The first-order valence-electron chi connectivity index (χ1n) is 8.19. The SMILES string of the molecule is COC(=O)c1ccc(N2CCC(C#N)(Oc3cc(F)ccc3Cl)CC2)nn1. The molecule has 0 atom stereocenters. The van der Waals surface area contributed by atoms with Gasteiger partial charge in [0.15, 0.2) is 17.1 Å². The van der Waals surface area contributed by atoms with E-state index >= 15 is 0 Å². The van der Waals surface area contributed by atoms with Crippen LogP contribution in [0.15, 0.2) is 30.3 Å². The molecule has 0 bridgehead atoms. The Labute approximate surface area is 160 Å². The number of benzene rings is 1. The molecule has 0 N–H and O–H groups in total. The molecule has 1 saturated heterocycles. The lowest BCUT2D eigenvalue weighted by molar-refractivity contribution is 0.0592. The third-order valence-electron chi connectivity index (χ3n) is 4.34. The average molecular weight is 391 g/mol. The second-order valence-electron chi connectivity index (χ2n) is 6.04. The highest BCUT2D eigenvalue weighted by molar-refractivity contribution is 6.32. The molecule has 140 valence electrons. The number of anilines is 1. The van der Waals surface area contributed by atoms with Crippen molar-refractivity contribution in [3.05, 3.63) is 46.9 Å². The molecule has 0 amide bonds. The van der Waals surface area contributed by atoms with Gasteiger partial charge >= 0.3 is 5.97 Å². The Morgan fingerprint density at radius 1 is 1.30 bits per heavy atom. The van der Waals surface area contributed by atoms with Gasteiger partial charge in [-0.05, 0) is 24.3 Å². The normalized spacial score (nSPS) is 15.7. The molecule has 1 fully saturated rings. The van der Waals surface area contributed by atoms with E-state index in [-0.39, 0.29) is 16.5 Å². The number of methoxy groups -OCH3 is 1. The summed E-state index contributed by atoms with van der Waals surface area (Å²) in [5, 5.41) is 17.8. The molecule has 1 aromatic carbocycles. The maximum absolute atomic E-state index is 13.5. The van der Waals surface area contributed by atoms with Gasteiger partial charge < -0.3 is 14.4 Å². The van der Waals surface area contributed by atoms with Gasteiger partial charge in [-0.25, -0.2) is 9.18 Å². The number of carbonyl (C=O) groups is 1. The Hall–Kier alpha value is -2.92. The van der Waals surface area contributed by atoms with Crippen LogP contribution in [0.25, 0.3) is 0 Å². The smallest absolute Gasteiger partial charge is 0.358 e. The van der Waals surface area contributed by atoms with Crippen molar-refractivity contribution in [1.29, 1.82) is 5.26 Å². The van der Waals surface area contributed by atoms with Crippen molar-refractivity contribution in [1.82, 2.24) is 10.2 Å². The molecule has 3 rings (SSSR count). The van der Waals surface area contributed by atoms with Crippen molar-refractivity contribution < 1.29 is 18.7 Å². The van der Waals surface area contributed by atoms with E-state index in [1.165, 1.54) is 31.4 Å². The molecule has 9 heteroatoms.